The predicted molar refractivity (Wildman–Crippen MR) is 101 cm³/mol. The third-order valence-corrected chi connectivity index (χ3v) is 5.66. The summed E-state index contributed by atoms with van der Waals surface area (Å²) in [6.07, 6.45) is 5.56. The topological polar surface area (TPSA) is 17.8 Å². The molecular weight excluding hydrogens is 415 g/mol. The summed E-state index contributed by atoms with van der Waals surface area (Å²) in [5.74, 6) is 0. The van der Waals surface area contributed by atoms with Gasteiger partial charge in [-0.3, -0.25) is 0 Å². The van der Waals surface area contributed by atoms with E-state index in [9.17, 15) is 0 Å². The van der Waals surface area contributed by atoms with E-state index in [0.29, 0.717) is 10.0 Å². The summed E-state index contributed by atoms with van der Waals surface area (Å²) in [7, 11) is 0. The van der Waals surface area contributed by atoms with Crippen LogP contribution in [0.4, 0.5) is 0 Å². The van der Waals surface area contributed by atoms with Gasteiger partial charge in [0.15, 0.2) is 0 Å². The Labute approximate surface area is 158 Å². The van der Waals surface area contributed by atoms with Crippen LogP contribution in [-0.4, -0.2) is 9.55 Å². The fourth-order valence-corrected chi connectivity index (χ4v) is 4.30. The average molecular weight is 428 g/mol. The van der Waals surface area contributed by atoms with E-state index in [1.54, 1.807) is 24.0 Å². The van der Waals surface area contributed by atoms with Gasteiger partial charge in [0, 0.05) is 38.4 Å². The van der Waals surface area contributed by atoms with E-state index in [0.717, 1.165) is 16.6 Å². The smallest absolute Gasteiger partial charge is 0.0946 e. The minimum absolute atomic E-state index is 0.162. The number of aromatic nitrogens is 2. The molecule has 23 heavy (non-hydrogen) atoms. The largest absolute Gasteiger partial charge is 0.336 e. The van der Waals surface area contributed by atoms with Crippen molar-refractivity contribution in [2.45, 2.75) is 16.7 Å². The molecular formula is C17H13BrCl2N2S. The Kier molecular flexibility index (Phi) is 5.70. The zero-order valence-electron chi connectivity index (χ0n) is 12.0. The molecule has 0 bridgehead atoms. The standard InChI is InChI=1S/C17H13BrCl2N2S/c18-12-1-4-14(5-2-12)23-17(10-22-8-7-21-11-22)15-6-3-13(19)9-16(15)20/h1-9,11,17H,10H2. The summed E-state index contributed by atoms with van der Waals surface area (Å²) >= 11 is 17.7. The normalized spacial score (nSPS) is 12.3. The molecule has 0 spiro atoms. The Morgan fingerprint density at radius 2 is 1.91 bits per heavy atom. The fraction of sp³-hybridized carbons (Fsp3) is 0.118. The Morgan fingerprint density at radius 1 is 1.13 bits per heavy atom. The average Bonchev–Trinajstić information content (AvgIpc) is 3.02. The molecule has 0 aliphatic carbocycles. The second-order valence-electron chi connectivity index (χ2n) is 4.99. The van der Waals surface area contributed by atoms with Crippen molar-refractivity contribution in [3.63, 3.8) is 0 Å². The van der Waals surface area contributed by atoms with Gasteiger partial charge < -0.3 is 4.57 Å². The van der Waals surface area contributed by atoms with Gasteiger partial charge in [-0.2, -0.15) is 0 Å². The van der Waals surface area contributed by atoms with E-state index in [4.69, 9.17) is 23.2 Å². The Hall–Kier alpha value is -0.940. The van der Waals surface area contributed by atoms with E-state index in [1.165, 1.54) is 4.90 Å². The highest BCUT2D eigenvalue weighted by atomic mass is 79.9. The van der Waals surface area contributed by atoms with Crippen LogP contribution in [0, 0.1) is 0 Å². The lowest BCUT2D eigenvalue weighted by atomic mass is 10.1. The van der Waals surface area contributed by atoms with Crippen molar-refractivity contribution in [1.29, 1.82) is 0 Å². The van der Waals surface area contributed by atoms with E-state index >= 15 is 0 Å². The van der Waals surface area contributed by atoms with Gasteiger partial charge in [0.1, 0.15) is 0 Å². The third kappa shape index (κ3) is 4.54. The molecule has 3 rings (SSSR count). The summed E-state index contributed by atoms with van der Waals surface area (Å²) in [5, 5.41) is 1.50. The third-order valence-electron chi connectivity index (χ3n) is 3.34. The van der Waals surface area contributed by atoms with Crippen LogP contribution in [0.1, 0.15) is 10.8 Å². The molecule has 0 amide bonds. The minimum Gasteiger partial charge on any atom is -0.336 e. The van der Waals surface area contributed by atoms with Crippen LogP contribution in [-0.2, 0) is 6.54 Å². The first-order chi connectivity index (χ1) is 11.1. The van der Waals surface area contributed by atoms with Crippen molar-refractivity contribution >= 4 is 50.9 Å². The first kappa shape index (κ1) is 16.9. The van der Waals surface area contributed by atoms with Crippen molar-refractivity contribution in [2.24, 2.45) is 0 Å². The molecule has 1 unspecified atom stereocenters. The molecule has 0 radical (unpaired) electrons. The first-order valence-corrected chi connectivity index (χ1v) is 9.37. The maximum absolute atomic E-state index is 6.43. The molecule has 0 aliphatic rings. The van der Waals surface area contributed by atoms with E-state index in [1.807, 2.05) is 36.8 Å². The maximum atomic E-state index is 6.43. The van der Waals surface area contributed by atoms with Crippen LogP contribution in [0.5, 0.6) is 0 Å². The molecule has 1 atom stereocenters. The van der Waals surface area contributed by atoms with Gasteiger partial charge in [0.05, 0.1) is 11.6 Å². The number of benzene rings is 2. The number of hydrogen-bond acceptors (Lipinski definition) is 2. The maximum Gasteiger partial charge on any atom is 0.0946 e. The van der Waals surface area contributed by atoms with Crippen molar-refractivity contribution in [3.05, 3.63) is 81.3 Å². The highest BCUT2D eigenvalue weighted by Gasteiger charge is 2.17. The summed E-state index contributed by atoms with van der Waals surface area (Å²) in [4.78, 5) is 5.30. The van der Waals surface area contributed by atoms with Crippen molar-refractivity contribution in [3.8, 4) is 0 Å². The summed E-state index contributed by atoms with van der Waals surface area (Å²) < 4.78 is 3.12. The Bertz CT molecular complexity index is 776. The summed E-state index contributed by atoms with van der Waals surface area (Å²) in [6.45, 7) is 0.780. The SMILES string of the molecule is Clc1ccc(C(Cn2ccnc2)Sc2ccc(Br)cc2)c(Cl)c1. The molecule has 118 valence electrons. The zero-order valence-corrected chi connectivity index (χ0v) is 15.9. The molecule has 3 aromatic rings. The summed E-state index contributed by atoms with van der Waals surface area (Å²) in [5.41, 5.74) is 1.07. The summed E-state index contributed by atoms with van der Waals surface area (Å²) in [6, 6.07) is 13.9. The highest BCUT2D eigenvalue weighted by Crippen LogP contribution is 2.40. The van der Waals surface area contributed by atoms with Crippen LogP contribution in [0.2, 0.25) is 10.0 Å². The van der Waals surface area contributed by atoms with E-state index in [2.05, 4.69) is 37.6 Å². The number of thioether (sulfide) groups is 1. The van der Waals surface area contributed by atoms with E-state index < -0.39 is 0 Å². The number of halogens is 3. The number of hydrogen-bond donors (Lipinski definition) is 0. The first-order valence-electron chi connectivity index (χ1n) is 6.95. The molecule has 0 saturated heterocycles. The monoisotopic (exact) mass is 426 g/mol. The van der Waals surface area contributed by atoms with Gasteiger partial charge in [0.25, 0.3) is 0 Å². The molecule has 6 heteroatoms. The molecule has 0 N–H and O–H groups in total. The van der Waals surface area contributed by atoms with Gasteiger partial charge in [-0.1, -0.05) is 45.2 Å². The van der Waals surface area contributed by atoms with Gasteiger partial charge in [0.2, 0.25) is 0 Å². The second-order valence-corrected chi connectivity index (χ2v) is 8.02. The van der Waals surface area contributed by atoms with Gasteiger partial charge >= 0.3 is 0 Å². The fourth-order valence-electron chi connectivity index (χ4n) is 2.23. The second kappa shape index (κ2) is 7.75. The lowest BCUT2D eigenvalue weighted by Crippen LogP contribution is -2.05. The van der Waals surface area contributed by atoms with Gasteiger partial charge in [-0.05, 0) is 42.0 Å². The lowest BCUT2D eigenvalue weighted by molar-refractivity contribution is 0.683. The quantitative estimate of drug-likeness (QED) is 0.433. The molecule has 2 nitrogen and oxygen atoms in total. The predicted octanol–water partition coefficient (Wildman–Crippen LogP) is 6.49. The zero-order chi connectivity index (χ0) is 16.2. The molecule has 0 fully saturated rings. The van der Waals surface area contributed by atoms with Crippen LogP contribution in [0.25, 0.3) is 0 Å². The Morgan fingerprint density at radius 3 is 2.57 bits per heavy atom. The van der Waals surface area contributed by atoms with Crippen molar-refractivity contribution in [1.82, 2.24) is 9.55 Å². The molecule has 0 aliphatic heterocycles. The van der Waals surface area contributed by atoms with Crippen molar-refractivity contribution in [2.75, 3.05) is 0 Å². The number of nitrogens with zero attached hydrogens (tertiary/aromatic N) is 2. The van der Waals surface area contributed by atoms with E-state index in [-0.39, 0.29) is 5.25 Å². The van der Waals surface area contributed by atoms with Crippen molar-refractivity contribution < 1.29 is 0 Å². The number of rotatable bonds is 5. The van der Waals surface area contributed by atoms with Crippen LogP contribution in [0.15, 0.2) is 70.6 Å². The van der Waals surface area contributed by atoms with Crippen LogP contribution < -0.4 is 0 Å². The van der Waals surface area contributed by atoms with Crippen LogP contribution >= 0.6 is 50.9 Å². The highest BCUT2D eigenvalue weighted by molar-refractivity contribution is 9.10. The van der Waals surface area contributed by atoms with Gasteiger partial charge in [-0.25, -0.2) is 4.98 Å². The van der Waals surface area contributed by atoms with Gasteiger partial charge in [-0.15, -0.1) is 11.8 Å². The number of imidazole rings is 1. The minimum atomic E-state index is 0.162. The molecule has 0 saturated carbocycles. The molecule has 1 heterocycles. The van der Waals surface area contributed by atoms with Crippen LogP contribution in [0.3, 0.4) is 0 Å². The molecule has 1 aromatic heterocycles. The Balaban J connectivity index is 1.90. The molecule has 2 aromatic carbocycles. The lowest BCUT2D eigenvalue weighted by Gasteiger charge is -2.19.